The molecule has 2 atom stereocenters. The lowest BCUT2D eigenvalue weighted by Gasteiger charge is -2.23. The SMILES string of the molecule is CCCNC(CC(C)C)CC(C)CCC. The summed E-state index contributed by atoms with van der Waals surface area (Å²) in [6, 6.07) is 0.742. The molecule has 0 aliphatic rings. The van der Waals surface area contributed by atoms with E-state index < -0.39 is 0 Å². The number of nitrogens with one attached hydrogen (secondary N) is 1. The van der Waals surface area contributed by atoms with Crippen LogP contribution in [0.15, 0.2) is 0 Å². The van der Waals surface area contributed by atoms with E-state index in [9.17, 15) is 0 Å². The summed E-state index contributed by atoms with van der Waals surface area (Å²) in [5.74, 6) is 1.69. The van der Waals surface area contributed by atoms with E-state index in [4.69, 9.17) is 0 Å². The molecule has 1 heteroatoms. The fourth-order valence-corrected chi connectivity index (χ4v) is 2.28. The van der Waals surface area contributed by atoms with Gasteiger partial charge in [0.05, 0.1) is 0 Å². The molecule has 0 amide bonds. The van der Waals surface area contributed by atoms with E-state index in [1.807, 2.05) is 0 Å². The van der Waals surface area contributed by atoms with E-state index >= 15 is 0 Å². The zero-order valence-corrected chi connectivity index (χ0v) is 11.5. The van der Waals surface area contributed by atoms with Crippen molar-refractivity contribution in [2.75, 3.05) is 6.54 Å². The Kier molecular flexibility index (Phi) is 9.18. The molecule has 0 fully saturated rings. The summed E-state index contributed by atoms with van der Waals surface area (Å²) in [7, 11) is 0. The first-order valence-electron chi connectivity index (χ1n) is 6.83. The van der Waals surface area contributed by atoms with Crippen molar-refractivity contribution in [1.29, 1.82) is 0 Å². The number of hydrogen-bond donors (Lipinski definition) is 1. The molecule has 0 aromatic heterocycles. The fourth-order valence-electron chi connectivity index (χ4n) is 2.28. The standard InChI is InChI=1S/C14H31N/c1-6-8-13(5)11-14(10-12(3)4)15-9-7-2/h12-15H,6-11H2,1-5H3. The highest BCUT2D eigenvalue weighted by atomic mass is 14.9. The van der Waals surface area contributed by atoms with E-state index in [1.54, 1.807) is 0 Å². The fraction of sp³-hybridized carbons (Fsp3) is 1.00. The second kappa shape index (κ2) is 9.21. The van der Waals surface area contributed by atoms with E-state index in [0.29, 0.717) is 0 Å². The van der Waals surface area contributed by atoms with Gasteiger partial charge in [-0.3, -0.25) is 0 Å². The molecule has 0 aromatic carbocycles. The van der Waals surface area contributed by atoms with Crippen molar-refractivity contribution in [3.05, 3.63) is 0 Å². The third-order valence-electron chi connectivity index (χ3n) is 2.91. The molecule has 0 aliphatic heterocycles. The zero-order chi connectivity index (χ0) is 11.7. The van der Waals surface area contributed by atoms with Crippen LogP contribution in [0.3, 0.4) is 0 Å². The highest BCUT2D eigenvalue weighted by Gasteiger charge is 2.13. The van der Waals surface area contributed by atoms with Crippen molar-refractivity contribution in [3.8, 4) is 0 Å². The van der Waals surface area contributed by atoms with Gasteiger partial charge in [0.2, 0.25) is 0 Å². The molecular formula is C14H31N. The summed E-state index contributed by atoms with van der Waals surface area (Å²) < 4.78 is 0. The predicted octanol–water partition coefficient (Wildman–Crippen LogP) is 4.23. The Hall–Kier alpha value is -0.0400. The molecule has 0 aliphatic carbocycles. The third-order valence-corrected chi connectivity index (χ3v) is 2.91. The van der Waals surface area contributed by atoms with Gasteiger partial charge in [-0.25, -0.2) is 0 Å². The highest BCUT2D eigenvalue weighted by molar-refractivity contribution is 4.71. The Morgan fingerprint density at radius 3 is 2.07 bits per heavy atom. The molecule has 0 aromatic rings. The summed E-state index contributed by atoms with van der Waals surface area (Å²) in [6.07, 6.45) is 6.63. The maximum absolute atomic E-state index is 3.69. The molecule has 15 heavy (non-hydrogen) atoms. The molecule has 1 N–H and O–H groups in total. The van der Waals surface area contributed by atoms with Crippen molar-refractivity contribution in [3.63, 3.8) is 0 Å². The second-order valence-electron chi connectivity index (χ2n) is 5.41. The van der Waals surface area contributed by atoms with Crippen LogP contribution in [0.25, 0.3) is 0 Å². The van der Waals surface area contributed by atoms with Crippen molar-refractivity contribution >= 4 is 0 Å². The van der Waals surface area contributed by atoms with Crippen LogP contribution < -0.4 is 5.32 Å². The summed E-state index contributed by atoms with van der Waals surface area (Å²) in [6.45, 7) is 12.7. The first-order chi connectivity index (χ1) is 7.10. The van der Waals surface area contributed by atoms with Crippen LogP contribution in [-0.2, 0) is 0 Å². The second-order valence-corrected chi connectivity index (χ2v) is 5.41. The molecule has 1 nitrogen and oxygen atoms in total. The molecule has 0 heterocycles. The molecule has 0 rings (SSSR count). The van der Waals surface area contributed by atoms with Crippen LogP contribution >= 0.6 is 0 Å². The van der Waals surface area contributed by atoms with Gasteiger partial charge in [-0.05, 0) is 37.6 Å². The minimum absolute atomic E-state index is 0.742. The van der Waals surface area contributed by atoms with Crippen LogP contribution in [0, 0.1) is 11.8 Å². The lowest BCUT2D eigenvalue weighted by atomic mass is 9.92. The molecule has 0 saturated carbocycles. The van der Waals surface area contributed by atoms with E-state index in [0.717, 1.165) is 17.9 Å². The molecule has 0 saturated heterocycles. The quantitative estimate of drug-likeness (QED) is 0.604. The molecule has 2 unspecified atom stereocenters. The van der Waals surface area contributed by atoms with Gasteiger partial charge in [0.25, 0.3) is 0 Å². The predicted molar refractivity (Wildman–Crippen MR) is 70.2 cm³/mol. The van der Waals surface area contributed by atoms with E-state index in [-0.39, 0.29) is 0 Å². The summed E-state index contributed by atoms with van der Waals surface area (Å²) in [5.41, 5.74) is 0. The van der Waals surface area contributed by atoms with E-state index in [1.165, 1.54) is 38.6 Å². The Balaban J connectivity index is 3.87. The Morgan fingerprint density at radius 2 is 1.60 bits per heavy atom. The molecule has 0 radical (unpaired) electrons. The van der Waals surface area contributed by atoms with Crippen molar-refractivity contribution in [2.45, 2.75) is 72.8 Å². The van der Waals surface area contributed by atoms with E-state index in [2.05, 4.69) is 39.9 Å². The first kappa shape index (κ1) is 15.0. The van der Waals surface area contributed by atoms with Crippen LogP contribution in [0.5, 0.6) is 0 Å². The minimum Gasteiger partial charge on any atom is -0.314 e. The minimum atomic E-state index is 0.742. The summed E-state index contributed by atoms with van der Waals surface area (Å²) >= 11 is 0. The number of hydrogen-bond acceptors (Lipinski definition) is 1. The van der Waals surface area contributed by atoms with Gasteiger partial charge in [0.1, 0.15) is 0 Å². The Bertz CT molecular complexity index is 131. The van der Waals surface area contributed by atoms with Gasteiger partial charge in [0.15, 0.2) is 0 Å². The maximum Gasteiger partial charge on any atom is 0.00720 e. The Labute approximate surface area is 97.0 Å². The topological polar surface area (TPSA) is 12.0 Å². The van der Waals surface area contributed by atoms with Gasteiger partial charge in [-0.1, -0.05) is 47.5 Å². The Morgan fingerprint density at radius 1 is 0.933 bits per heavy atom. The molecular weight excluding hydrogens is 182 g/mol. The first-order valence-corrected chi connectivity index (χ1v) is 6.83. The zero-order valence-electron chi connectivity index (χ0n) is 11.5. The van der Waals surface area contributed by atoms with Crippen LogP contribution in [0.4, 0.5) is 0 Å². The molecule has 92 valence electrons. The van der Waals surface area contributed by atoms with Gasteiger partial charge < -0.3 is 5.32 Å². The average molecular weight is 213 g/mol. The average Bonchev–Trinajstić information content (AvgIpc) is 2.13. The maximum atomic E-state index is 3.69. The van der Waals surface area contributed by atoms with Crippen LogP contribution in [0.2, 0.25) is 0 Å². The molecule has 0 spiro atoms. The number of rotatable bonds is 9. The van der Waals surface area contributed by atoms with Crippen molar-refractivity contribution in [2.24, 2.45) is 11.8 Å². The van der Waals surface area contributed by atoms with Crippen molar-refractivity contribution < 1.29 is 0 Å². The molecule has 0 bridgehead atoms. The normalized spacial score (nSPS) is 15.6. The van der Waals surface area contributed by atoms with Gasteiger partial charge in [-0.15, -0.1) is 0 Å². The van der Waals surface area contributed by atoms with Crippen LogP contribution in [-0.4, -0.2) is 12.6 Å². The van der Waals surface area contributed by atoms with Crippen molar-refractivity contribution in [1.82, 2.24) is 5.32 Å². The van der Waals surface area contributed by atoms with Gasteiger partial charge in [-0.2, -0.15) is 0 Å². The van der Waals surface area contributed by atoms with Crippen LogP contribution in [0.1, 0.15) is 66.7 Å². The lowest BCUT2D eigenvalue weighted by Crippen LogP contribution is -2.32. The third kappa shape index (κ3) is 8.92. The smallest absolute Gasteiger partial charge is 0.00720 e. The monoisotopic (exact) mass is 213 g/mol. The van der Waals surface area contributed by atoms with Gasteiger partial charge in [0, 0.05) is 6.04 Å². The largest absolute Gasteiger partial charge is 0.314 e. The highest BCUT2D eigenvalue weighted by Crippen LogP contribution is 2.17. The summed E-state index contributed by atoms with van der Waals surface area (Å²) in [5, 5.41) is 3.69. The lowest BCUT2D eigenvalue weighted by molar-refractivity contribution is 0.338. The van der Waals surface area contributed by atoms with Gasteiger partial charge >= 0.3 is 0 Å². The summed E-state index contributed by atoms with van der Waals surface area (Å²) in [4.78, 5) is 0.